The number of carboxylic acids is 1. The maximum atomic E-state index is 13.6. The van der Waals surface area contributed by atoms with Crippen molar-refractivity contribution in [3.8, 4) is 11.1 Å². The van der Waals surface area contributed by atoms with Crippen LogP contribution in [-0.2, 0) is 11.2 Å². The van der Waals surface area contributed by atoms with Gasteiger partial charge in [-0.05, 0) is 67.0 Å². The van der Waals surface area contributed by atoms with E-state index in [1.807, 2.05) is 24.3 Å². The highest BCUT2D eigenvalue weighted by molar-refractivity contribution is 5.96. The molecule has 0 bridgehead atoms. The van der Waals surface area contributed by atoms with E-state index < -0.39 is 18.2 Å². The fourth-order valence-corrected chi connectivity index (χ4v) is 4.19. The van der Waals surface area contributed by atoms with Gasteiger partial charge in [0.15, 0.2) is 0 Å². The van der Waals surface area contributed by atoms with Crippen molar-refractivity contribution in [2.24, 2.45) is 0 Å². The highest BCUT2D eigenvalue weighted by atomic mass is 19.1. The number of halogens is 1. The van der Waals surface area contributed by atoms with Crippen molar-refractivity contribution in [2.45, 2.75) is 56.7 Å². The molecule has 5 nitrogen and oxygen atoms in total. The van der Waals surface area contributed by atoms with Crippen molar-refractivity contribution in [1.29, 1.82) is 0 Å². The van der Waals surface area contributed by atoms with E-state index in [2.05, 4.69) is 0 Å². The Kier molecular flexibility index (Phi) is 6.30. The van der Waals surface area contributed by atoms with E-state index in [4.69, 9.17) is 10.1 Å². The van der Waals surface area contributed by atoms with Gasteiger partial charge in [-0.2, -0.15) is 0 Å². The second kappa shape index (κ2) is 9.12. The average molecular weight is 423 g/mol. The Labute approximate surface area is 180 Å². The second-order valence-corrected chi connectivity index (χ2v) is 8.33. The topological polar surface area (TPSA) is 90.7 Å². The van der Waals surface area contributed by atoms with Crippen LogP contribution in [0.25, 0.3) is 22.0 Å². The number of nitrogens with zero attached hydrogens (tertiary/aromatic N) is 1. The van der Waals surface area contributed by atoms with Gasteiger partial charge in [-0.1, -0.05) is 30.3 Å². The van der Waals surface area contributed by atoms with Crippen LogP contribution in [0.3, 0.4) is 0 Å². The van der Waals surface area contributed by atoms with Gasteiger partial charge < -0.3 is 15.3 Å². The Hall–Kier alpha value is -2.83. The van der Waals surface area contributed by atoms with E-state index in [1.54, 1.807) is 12.1 Å². The van der Waals surface area contributed by atoms with E-state index in [0.717, 1.165) is 46.1 Å². The summed E-state index contributed by atoms with van der Waals surface area (Å²) in [6, 6.07) is 14.3. The van der Waals surface area contributed by atoms with Crippen molar-refractivity contribution in [3.05, 3.63) is 65.6 Å². The number of benzene rings is 2. The molecule has 1 aliphatic carbocycles. The van der Waals surface area contributed by atoms with Gasteiger partial charge in [0, 0.05) is 17.0 Å². The van der Waals surface area contributed by atoms with Gasteiger partial charge in [0.05, 0.1) is 24.1 Å². The van der Waals surface area contributed by atoms with Crippen molar-refractivity contribution in [1.82, 2.24) is 4.98 Å². The zero-order valence-electron chi connectivity index (χ0n) is 17.2. The fraction of sp³-hybridized carbons (Fsp3) is 0.360. The number of fused-ring (bicyclic) bond motifs is 1. The number of pyridine rings is 1. The third-order valence-electron chi connectivity index (χ3n) is 5.80. The first-order valence-electron chi connectivity index (χ1n) is 10.7. The molecule has 0 radical (unpaired) electrons. The predicted molar refractivity (Wildman–Crippen MR) is 116 cm³/mol. The van der Waals surface area contributed by atoms with Gasteiger partial charge in [0.25, 0.3) is 0 Å². The van der Waals surface area contributed by atoms with Crippen molar-refractivity contribution < 1.29 is 24.5 Å². The van der Waals surface area contributed by atoms with E-state index in [-0.39, 0.29) is 18.7 Å². The maximum Gasteiger partial charge on any atom is 0.305 e. The molecular formula is C25H26FNO4. The minimum Gasteiger partial charge on any atom is -0.481 e. The van der Waals surface area contributed by atoms with Gasteiger partial charge in [0.2, 0.25) is 0 Å². The molecular weight excluding hydrogens is 397 g/mol. The lowest BCUT2D eigenvalue weighted by Gasteiger charge is -2.20. The minimum absolute atomic E-state index is 0.0119. The van der Waals surface area contributed by atoms with E-state index >= 15 is 0 Å². The number of aliphatic hydroxyl groups excluding tert-OH is 2. The van der Waals surface area contributed by atoms with Crippen LogP contribution in [0.5, 0.6) is 0 Å². The van der Waals surface area contributed by atoms with Crippen LogP contribution < -0.4 is 0 Å². The molecule has 3 N–H and O–H groups in total. The largest absolute Gasteiger partial charge is 0.481 e. The zero-order valence-corrected chi connectivity index (χ0v) is 17.2. The molecule has 1 aliphatic rings. The van der Waals surface area contributed by atoms with Gasteiger partial charge in [-0.15, -0.1) is 0 Å². The summed E-state index contributed by atoms with van der Waals surface area (Å²) in [6.07, 6.45) is 0.779. The number of aliphatic hydroxyl groups is 2. The number of para-hydroxylation sites is 1. The number of carbonyl (C=O) groups is 1. The van der Waals surface area contributed by atoms with Crippen molar-refractivity contribution in [2.75, 3.05) is 0 Å². The van der Waals surface area contributed by atoms with Crippen LogP contribution in [0.2, 0.25) is 0 Å². The Balaban J connectivity index is 1.71. The van der Waals surface area contributed by atoms with E-state index in [0.29, 0.717) is 18.8 Å². The fourth-order valence-electron chi connectivity index (χ4n) is 4.19. The molecule has 2 aromatic carbocycles. The highest BCUT2D eigenvalue weighted by Crippen LogP contribution is 2.45. The number of hydrogen-bond donors (Lipinski definition) is 3. The number of carboxylic acid groups (broad SMARTS) is 1. The SMILES string of the molecule is O=C(O)CC(O)CC(O)CCc1c(C2CC2)nc2ccccc2c1-c1ccc(F)cc1. The summed E-state index contributed by atoms with van der Waals surface area (Å²) in [5.41, 5.74) is 4.86. The molecule has 1 saturated carbocycles. The lowest BCUT2D eigenvalue weighted by Crippen LogP contribution is -2.21. The van der Waals surface area contributed by atoms with Gasteiger partial charge in [-0.3, -0.25) is 9.78 Å². The number of rotatable bonds is 9. The van der Waals surface area contributed by atoms with Crippen molar-refractivity contribution >= 4 is 16.9 Å². The Morgan fingerprint density at radius 1 is 1.06 bits per heavy atom. The Bertz CT molecular complexity index is 1080. The molecule has 0 spiro atoms. The molecule has 4 rings (SSSR count). The van der Waals surface area contributed by atoms with Crippen molar-refractivity contribution in [3.63, 3.8) is 0 Å². The molecule has 0 saturated heterocycles. The molecule has 1 heterocycles. The van der Waals surface area contributed by atoms with Crippen LogP contribution in [0.1, 0.15) is 49.3 Å². The highest BCUT2D eigenvalue weighted by Gasteiger charge is 2.30. The molecule has 1 aromatic heterocycles. The quantitative estimate of drug-likeness (QED) is 0.473. The second-order valence-electron chi connectivity index (χ2n) is 8.33. The first kappa shape index (κ1) is 21.4. The molecule has 31 heavy (non-hydrogen) atoms. The standard InChI is InChI=1S/C25H26FNO4/c26-17-9-7-15(8-10-17)24-20-3-1-2-4-22(20)27-25(16-5-6-16)21(24)12-11-18(28)13-19(29)14-23(30)31/h1-4,7-10,16,18-19,28-29H,5-6,11-14H2,(H,30,31). The van der Waals surface area contributed by atoms with E-state index in [1.165, 1.54) is 12.1 Å². The average Bonchev–Trinajstić information content (AvgIpc) is 3.56. The normalized spacial score (nSPS) is 15.7. The molecule has 1 fully saturated rings. The zero-order chi connectivity index (χ0) is 22.0. The minimum atomic E-state index is -1.09. The lowest BCUT2D eigenvalue weighted by molar-refractivity contribution is -0.139. The molecule has 6 heteroatoms. The number of aliphatic carboxylic acids is 1. The first-order valence-corrected chi connectivity index (χ1v) is 10.7. The smallest absolute Gasteiger partial charge is 0.305 e. The van der Waals surface area contributed by atoms with Gasteiger partial charge >= 0.3 is 5.97 Å². The summed E-state index contributed by atoms with van der Waals surface area (Å²) >= 11 is 0. The summed E-state index contributed by atoms with van der Waals surface area (Å²) in [7, 11) is 0. The molecule has 162 valence electrons. The molecule has 2 atom stereocenters. The summed E-state index contributed by atoms with van der Waals surface area (Å²) in [4.78, 5) is 15.7. The van der Waals surface area contributed by atoms with Crippen LogP contribution in [0.4, 0.5) is 4.39 Å². The molecule has 2 unspecified atom stereocenters. The summed E-state index contributed by atoms with van der Waals surface area (Å²) < 4.78 is 13.6. The van der Waals surface area contributed by atoms with Gasteiger partial charge in [-0.25, -0.2) is 4.39 Å². The Morgan fingerprint density at radius 3 is 2.45 bits per heavy atom. The van der Waals surface area contributed by atoms with Gasteiger partial charge in [0.1, 0.15) is 5.82 Å². The maximum absolute atomic E-state index is 13.6. The third-order valence-corrected chi connectivity index (χ3v) is 5.80. The molecule has 3 aromatic rings. The molecule has 0 aliphatic heterocycles. The lowest BCUT2D eigenvalue weighted by atomic mass is 9.89. The first-order chi connectivity index (χ1) is 14.9. The molecule has 0 amide bonds. The predicted octanol–water partition coefficient (Wildman–Crippen LogP) is 4.44. The summed E-state index contributed by atoms with van der Waals surface area (Å²) in [5.74, 6) is -1.00. The Morgan fingerprint density at radius 2 is 1.77 bits per heavy atom. The summed E-state index contributed by atoms with van der Waals surface area (Å²) in [6.45, 7) is 0. The van der Waals surface area contributed by atoms with Crippen LogP contribution in [-0.4, -0.2) is 38.5 Å². The number of hydrogen-bond acceptors (Lipinski definition) is 4. The van der Waals surface area contributed by atoms with E-state index in [9.17, 15) is 19.4 Å². The van der Waals surface area contributed by atoms with Crippen LogP contribution in [0, 0.1) is 5.82 Å². The van der Waals surface area contributed by atoms with Crippen LogP contribution in [0.15, 0.2) is 48.5 Å². The monoisotopic (exact) mass is 423 g/mol. The third kappa shape index (κ3) is 5.09. The van der Waals surface area contributed by atoms with Crippen LogP contribution >= 0.6 is 0 Å². The summed E-state index contributed by atoms with van der Waals surface area (Å²) in [5, 5.41) is 30.1. The number of aromatic nitrogens is 1.